The number of amides is 1. The van der Waals surface area contributed by atoms with Crippen molar-refractivity contribution in [3.8, 4) is 0 Å². The number of hydrogen-bond acceptors (Lipinski definition) is 5. The fourth-order valence-corrected chi connectivity index (χ4v) is 3.36. The second-order valence-electron chi connectivity index (χ2n) is 6.46. The number of aromatic nitrogens is 1. The van der Waals surface area contributed by atoms with Gasteiger partial charge in [0, 0.05) is 36.6 Å². The quantitative estimate of drug-likeness (QED) is 0.522. The minimum absolute atomic E-state index is 0.146. The van der Waals surface area contributed by atoms with Crippen LogP contribution in [0.5, 0.6) is 0 Å². The average Bonchev–Trinajstić information content (AvgIpc) is 3.03. The van der Waals surface area contributed by atoms with Crippen LogP contribution in [0.2, 0.25) is 0 Å². The van der Waals surface area contributed by atoms with Gasteiger partial charge in [0.2, 0.25) is 5.91 Å². The van der Waals surface area contributed by atoms with E-state index in [-0.39, 0.29) is 12.5 Å². The van der Waals surface area contributed by atoms with E-state index in [1.165, 1.54) is 0 Å². The molecule has 7 heteroatoms. The van der Waals surface area contributed by atoms with Crippen molar-refractivity contribution in [2.75, 3.05) is 11.9 Å². The van der Waals surface area contributed by atoms with Crippen LogP contribution in [0, 0.1) is 0 Å². The molecule has 4 rings (SSSR count). The number of carbonyl (C=O) groups excluding carboxylic acids is 1. The zero-order valence-corrected chi connectivity index (χ0v) is 14.1. The number of nitrogens with one attached hydrogen (secondary N) is 2. The second kappa shape index (κ2) is 6.88. The molecule has 2 heterocycles. The predicted molar refractivity (Wildman–Crippen MR) is 103 cm³/mol. The summed E-state index contributed by atoms with van der Waals surface area (Å²) < 4.78 is 0. The van der Waals surface area contributed by atoms with E-state index in [9.17, 15) is 9.82 Å². The lowest BCUT2D eigenvalue weighted by Gasteiger charge is -2.17. The number of benzene rings is 2. The number of anilines is 1. The number of nitrogens with zero attached hydrogens (tertiary/aromatic N) is 1. The van der Waals surface area contributed by atoms with Crippen LogP contribution in [0.3, 0.4) is 0 Å². The number of fused-ring (bicyclic) bond motifs is 2. The molecule has 1 unspecified atom stereocenters. The van der Waals surface area contributed by atoms with Gasteiger partial charge in [-0.2, -0.15) is 0 Å². The molecule has 0 fully saturated rings. The molecule has 1 aromatic heterocycles. The molecule has 1 amide bonds. The highest BCUT2D eigenvalue weighted by molar-refractivity contribution is 6.65. The van der Waals surface area contributed by atoms with Gasteiger partial charge < -0.3 is 21.3 Å². The number of rotatable bonds is 4. The lowest BCUT2D eigenvalue weighted by Crippen LogP contribution is -2.37. The van der Waals surface area contributed by atoms with Gasteiger partial charge >= 0.3 is 7.05 Å². The molecule has 1 aliphatic rings. The normalized spacial score (nSPS) is 14.3. The third kappa shape index (κ3) is 3.08. The van der Waals surface area contributed by atoms with Crippen molar-refractivity contribution >= 4 is 34.9 Å². The lowest BCUT2D eigenvalue weighted by atomic mass is 9.75. The fraction of sp³-hybridized carbons (Fsp3) is 0.158. The van der Waals surface area contributed by atoms with Gasteiger partial charge in [-0.1, -0.05) is 24.3 Å². The van der Waals surface area contributed by atoms with Crippen molar-refractivity contribution in [2.45, 2.75) is 12.5 Å². The molecule has 0 saturated carbocycles. The molecule has 3 aromatic rings. The summed E-state index contributed by atoms with van der Waals surface area (Å²) in [6.45, 7) is 0.792. The van der Waals surface area contributed by atoms with Gasteiger partial charge in [0.25, 0.3) is 0 Å². The third-order valence-corrected chi connectivity index (χ3v) is 4.81. The first-order chi connectivity index (χ1) is 12.7. The standard InChI is InChI=1S/C19H19BN4O2/c21-9-17(13-2-4-18-15(7-13)11-23-20(18)26)19(25)24-16-3-1-14-10-22-6-5-12(14)8-16/h1-8,10,17,23,26H,9,11,21H2,(H,24,25). The van der Waals surface area contributed by atoms with Crippen LogP contribution in [0.25, 0.3) is 10.8 Å². The van der Waals surface area contributed by atoms with Crippen molar-refractivity contribution in [3.05, 3.63) is 66.0 Å². The average molecular weight is 346 g/mol. The smallest absolute Gasteiger partial charge is 0.413 e. The zero-order chi connectivity index (χ0) is 18.1. The van der Waals surface area contributed by atoms with Crippen LogP contribution >= 0.6 is 0 Å². The first-order valence-corrected chi connectivity index (χ1v) is 8.54. The molecule has 6 nitrogen and oxygen atoms in total. The van der Waals surface area contributed by atoms with E-state index in [4.69, 9.17) is 5.73 Å². The summed E-state index contributed by atoms with van der Waals surface area (Å²) in [5.41, 5.74) is 9.32. The Bertz CT molecular complexity index is 979. The molecule has 130 valence electrons. The van der Waals surface area contributed by atoms with Crippen LogP contribution in [-0.2, 0) is 11.3 Å². The molecule has 26 heavy (non-hydrogen) atoms. The van der Waals surface area contributed by atoms with Crippen LogP contribution in [0.1, 0.15) is 17.0 Å². The zero-order valence-electron chi connectivity index (χ0n) is 14.1. The van der Waals surface area contributed by atoms with E-state index in [0.29, 0.717) is 6.54 Å². The Morgan fingerprint density at radius 1 is 1.27 bits per heavy atom. The van der Waals surface area contributed by atoms with E-state index in [0.717, 1.165) is 33.0 Å². The Morgan fingerprint density at radius 3 is 3.00 bits per heavy atom. The molecule has 0 aliphatic carbocycles. The number of nitrogens with two attached hydrogens (primary N) is 1. The second-order valence-corrected chi connectivity index (χ2v) is 6.46. The van der Waals surface area contributed by atoms with Crippen LogP contribution in [-0.4, -0.2) is 29.5 Å². The van der Waals surface area contributed by atoms with Crippen LogP contribution in [0.15, 0.2) is 54.9 Å². The maximum absolute atomic E-state index is 12.8. The third-order valence-electron chi connectivity index (χ3n) is 4.81. The minimum atomic E-state index is -0.642. The highest BCUT2D eigenvalue weighted by Gasteiger charge is 2.27. The summed E-state index contributed by atoms with van der Waals surface area (Å²) in [5.74, 6) is -0.599. The van der Waals surface area contributed by atoms with Gasteiger partial charge in [-0.05, 0) is 40.2 Å². The summed E-state index contributed by atoms with van der Waals surface area (Å²) >= 11 is 0. The SMILES string of the molecule is NCC(C(=O)Nc1ccc2cnccc2c1)c1ccc2c(c1)CNB2O. The van der Waals surface area contributed by atoms with Crippen molar-refractivity contribution in [3.63, 3.8) is 0 Å². The largest absolute Gasteiger partial charge is 0.433 e. The van der Waals surface area contributed by atoms with Crippen molar-refractivity contribution in [1.29, 1.82) is 0 Å². The maximum Gasteiger partial charge on any atom is 0.413 e. The lowest BCUT2D eigenvalue weighted by molar-refractivity contribution is -0.117. The van der Waals surface area contributed by atoms with E-state index >= 15 is 0 Å². The topological polar surface area (TPSA) is 100 Å². The summed E-state index contributed by atoms with van der Waals surface area (Å²) in [4.78, 5) is 16.9. The van der Waals surface area contributed by atoms with Gasteiger partial charge in [0.1, 0.15) is 0 Å². The molecule has 5 N–H and O–H groups in total. The van der Waals surface area contributed by atoms with E-state index < -0.39 is 13.0 Å². The Hall–Kier alpha value is -2.74. The van der Waals surface area contributed by atoms with Crippen molar-refractivity contribution in [2.24, 2.45) is 5.73 Å². The maximum atomic E-state index is 12.8. The molecule has 1 aliphatic heterocycles. The predicted octanol–water partition coefficient (Wildman–Crippen LogP) is 0.706. The summed E-state index contributed by atoms with van der Waals surface area (Å²) in [7, 11) is -0.642. The molecule has 0 radical (unpaired) electrons. The van der Waals surface area contributed by atoms with Gasteiger partial charge in [-0.25, -0.2) is 0 Å². The number of carbonyl (C=O) groups is 1. The Labute approximate surface area is 151 Å². The summed E-state index contributed by atoms with van der Waals surface area (Å²) in [5, 5.41) is 17.8. The molecular weight excluding hydrogens is 327 g/mol. The molecule has 0 spiro atoms. The molecule has 2 aromatic carbocycles. The monoisotopic (exact) mass is 346 g/mol. The number of pyridine rings is 1. The summed E-state index contributed by atoms with van der Waals surface area (Å²) in [6.07, 6.45) is 3.51. The van der Waals surface area contributed by atoms with Crippen molar-refractivity contribution < 1.29 is 9.82 Å². The van der Waals surface area contributed by atoms with Gasteiger partial charge in [0.05, 0.1) is 5.92 Å². The Balaban J connectivity index is 1.57. The van der Waals surface area contributed by atoms with E-state index in [1.54, 1.807) is 12.4 Å². The minimum Gasteiger partial charge on any atom is -0.433 e. The fourth-order valence-electron chi connectivity index (χ4n) is 3.36. The number of hydrogen-bond donors (Lipinski definition) is 4. The van der Waals surface area contributed by atoms with Gasteiger partial charge in [-0.3, -0.25) is 9.78 Å². The van der Waals surface area contributed by atoms with Crippen LogP contribution < -0.4 is 21.7 Å². The van der Waals surface area contributed by atoms with E-state index in [1.807, 2.05) is 42.5 Å². The highest BCUT2D eigenvalue weighted by Crippen LogP contribution is 2.22. The molecular formula is C19H19BN4O2. The summed E-state index contributed by atoms with van der Waals surface area (Å²) in [6, 6.07) is 13.3. The Morgan fingerprint density at radius 2 is 2.15 bits per heavy atom. The Kier molecular flexibility index (Phi) is 4.42. The van der Waals surface area contributed by atoms with E-state index in [2.05, 4.69) is 15.5 Å². The molecule has 0 bridgehead atoms. The van der Waals surface area contributed by atoms with Gasteiger partial charge in [-0.15, -0.1) is 0 Å². The van der Waals surface area contributed by atoms with Gasteiger partial charge in [0.15, 0.2) is 0 Å². The molecule has 1 atom stereocenters. The first-order valence-electron chi connectivity index (χ1n) is 8.54. The van der Waals surface area contributed by atoms with Crippen LogP contribution in [0.4, 0.5) is 5.69 Å². The highest BCUT2D eigenvalue weighted by atomic mass is 16.2. The van der Waals surface area contributed by atoms with Crippen molar-refractivity contribution in [1.82, 2.24) is 10.2 Å². The molecule has 0 saturated heterocycles. The first kappa shape index (κ1) is 16.7.